The van der Waals surface area contributed by atoms with Gasteiger partial charge in [0.2, 0.25) is 0 Å². The van der Waals surface area contributed by atoms with Crippen LogP contribution in [0.15, 0.2) is 54.6 Å². The van der Waals surface area contributed by atoms with Gasteiger partial charge in [0.15, 0.2) is 12.2 Å². The first-order chi connectivity index (χ1) is 17.8. The summed E-state index contributed by atoms with van der Waals surface area (Å²) in [5.74, 6) is -4.03. The number of halogens is 5. The topological polar surface area (TPSA) is 76.1 Å². The summed E-state index contributed by atoms with van der Waals surface area (Å²) in [6.45, 7) is 0.694. The number of hydrogen-bond acceptors (Lipinski definition) is 5. The second-order valence-corrected chi connectivity index (χ2v) is 9.21. The number of ether oxygens (including phenoxy) is 2. The van der Waals surface area contributed by atoms with Crippen molar-refractivity contribution in [3.05, 3.63) is 82.1 Å². The number of carbonyl (C=O) groups excluding carboxylic acids is 2. The highest BCUT2D eigenvalue weighted by Crippen LogP contribution is 2.54. The highest BCUT2D eigenvalue weighted by Gasteiger charge is 2.60. The second kappa shape index (κ2) is 9.92. The van der Waals surface area contributed by atoms with E-state index in [1.165, 1.54) is 56.4 Å². The fraction of sp³-hybridized carbons (Fsp3) is 0.259. The molecular weight excluding hydrogens is 530 g/mol. The molecule has 1 heterocycles. The summed E-state index contributed by atoms with van der Waals surface area (Å²) >= 11 is 6.42. The highest BCUT2D eigenvalue weighted by atomic mass is 35.5. The molecule has 200 valence electrons. The number of carbonyl (C=O) groups is 2. The molecule has 1 N–H and O–H groups in total. The van der Waals surface area contributed by atoms with E-state index < -0.39 is 47.6 Å². The number of aliphatic hydroxyl groups is 1. The maximum absolute atomic E-state index is 14.6. The number of esters is 1. The lowest BCUT2D eigenvalue weighted by atomic mass is 9.76. The minimum absolute atomic E-state index is 0.0280. The fourth-order valence-electron chi connectivity index (χ4n) is 4.49. The molecule has 11 heteroatoms. The Bertz CT molecular complexity index is 1430. The smallest absolute Gasteiger partial charge is 0.422 e. The molecule has 0 fully saturated rings. The van der Waals surface area contributed by atoms with Crippen LogP contribution in [-0.4, -0.2) is 43.9 Å². The predicted octanol–water partition coefficient (Wildman–Crippen LogP) is 5.84. The Balaban J connectivity index is 1.78. The van der Waals surface area contributed by atoms with Crippen molar-refractivity contribution in [2.45, 2.75) is 24.6 Å². The molecule has 6 nitrogen and oxygen atoms in total. The van der Waals surface area contributed by atoms with Gasteiger partial charge in [-0.2, -0.15) is 13.2 Å². The third-order valence-electron chi connectivity index (χ3n) is 6.71. The zero-order chi connectivity index (χ0) is 28.0. The lowest BCUT2D eigenvalue weighted by Gasteiger charge is -2.39. The van der Waals surface area contributed by atoms with Crippen LogP contribution in [0, 0.1) is 5.82 Å². The minimum Gasteiger partial charge on any atom is -0.481 e. The summed E-state index contributed by atoms with van der Waals surface area (Å²) in [4.78, 5) is 24.8. The number of rotatable bonds is 5. The number of fused-ring (bicyclic) bond motifs is 1. The first-order valence-electron chi connectivity index (χ1n) is 11.3. The Kier molecular flexibility index (Phi) is 7.15. The van der Waals surface area contributed by atoms with Crippen molar-refractivity contribution >= 4 is 29.2 Å². The number of nitrogens with zero attached hydrogens (tertiary/aromatic N) is 1. The molecule has 3 aromatic rings. The van der Waals surface area contributed by atoms with E-state index in [-0.39, 0.29) is 27.6 Å². The van der Waals surface area contributed by atoms with E-state index in [1.54, 1.807) is 0 Å². The van der Waals surface area contributed by atoms with Gasteiger partial charge in [0.05, 0.1) is 18.4 Å². The van der Waals surface area contributed by atoms with Crippen LogP contribution >= 0.6 is 11.6 Å². The molecule has 1 aliphatic rings. The molecule has 0 radical (unpaired) electrons. The zero-order valence-electron chi connectivity index (χ0n) is 20.4. The second-order valence-electron chi connectivity index (χ2n) is 8.80. The van der Waals surface area contributed by atoms with Crippen LogP contribution < -0.4 is 9.64 Å². The lowest BCUT2D eigenvalue weighted by Crippen LogP contribution is -2.47. The summed E-state index contributed by atoms with van der Waals surface area (Å²) in [7, 11) is 2.52. The lowest BCUT2D eigenvalue weighted by molar-refractivity contribution is -0.275. The van der Waals surface area contributed by atoms with Crippen LogP contribution in [0.4, 0.5) is 23.2 Å². The molecule has 0 bridgehead atoms. The fourth-order valence-corrected chi connectivity index (χ4v) is 4.83. The van der Waals surface area contributed by atoms with Gasteiger partial charge in [-0.05, 0) is 41.0 Å². The Labute approximate surface area is 220 Å². The number of benzene rings is 3. The van der Waals surface area contributed by atoms with E-state index in [1.807, 2.05) is 0 Å². The van der Waals surface area contributed by atoms with Crippen LogP contribution in [0.2, 0.25) is 5.02 Å². The van der Waals surface area contributed by atoms with E-state index in [2.05, 4.69) is 4.74 Å². The van der Waals surface area contributed by atoms with Crippen molar-refractivity contribution in [1.82, 2.24) is 0 Å². The number of methoxy groups -OCH3 is 1. The summed E-state index contributed by atoms with van der Waals surface area (Å²) in [5.41, 5.74) is -3.53. The summed E-state index contributed by atoms with van der Waals surface area (Å²) in [6, 6.07) is 11.7. The molecule has 0 unspecified atom stereocenters. The van der Waals surface area contributed by atoms with Crippen LogP contribution in [-0.2, 0) is 15.1 Å². The first kappa shape index (κ1) is 27.4. The molecular formula is C27H22ClF4NO5. The molecule has 38 heavy (non-hydrogen) atoms. The summed E-state index contributed by atoms with van der Waals surface area (Å²) < 4.78 is 68.1. The molecule has 4 rings (SSSR count). The van der Waals surface area contributed by atoms with Crippen LogP contribution in [0.3, 0.4) is 0 Å². The van der Waals surface area contributed by atoms with Crippen molar-refractivity contribution < 1.29 is 41.7 Å². The third kappa shape index (κ3) is 4.48. The van der Waals surface area contributed by atoms with Crippen LogP contribution in [0.25, 0.3) is 11.1 Å². The van der Waals surface area contributed by atoms with Gasteiger partial charge in [0.1, 0.15) is 11.6 Å². The predicted molar refractivity (Wildman–Crippen MR) is 132 cm³/mol. The van der Waals surface area contributed by atoms with Gasteiger partial charge >= 0.3 is 12.1 Å². The Morgan fingerprint density at radius 2 is 1.79 bits per heavy atom. The largest absolute Gasteiger partial charge is 0.481 e. The molecule has 0 aromatic heterocycles. The van der Waals surface area contributed by atoms with E-state index >= 15 is 0 Å². The van der Waals surface area contributed by atoms with E-state index in [4.69, 9.17) is 16.3 Å². The van der Waals surface area contributed by atoms with Crippen LogP contribution in [0.5, 0.6) is 5.75 Å². The maximum Gasteiger partial charge on any atom is 0.422 e. The first-order valence-corrected chi connectivity index (χ1v) is 11.7. The van der Waals surface area contributed by atoms with Crippen molar-refractivity contribution in [1.29, 1.82) is 0 Å². The van der Waals surface area contributed by atoms with Crippen molar-refractivity contribution in [2.75, 3.05) is 25.7 Å². The zero-order valence-corrected chi connectivity index (χ0v) is 21.2. The van der Waals surface area contributed by atoms with Gasteiger partial charge in [-0.25, -0.2) is 9.18 Å². The van der Waals surface area contributed by atoms with E-state index in [0.29, 0.717) is 11.1 Å². The normalized spacial score (nSPS) is 15.8. The number of alkyl halides is 3. The van der Waals surface area contributed by atoms with Gasteiger partial charge in [-0.1, -0.05) is 48.9 Å². The Hall–Kier alpha value is -3.63. The molecule has 0 aliphatic carbocycles. The minimum atomic E-state index is -5.17. The van der Waals surface area contributed by atoms with Gasteiger partial charge in [0, 0.05) is 23.6 Å². The van der Waals surface area contributed by atoms with Crippen molar-refractivity contribution in [2.24, 2.45) is 0 Å². The quantitative estimate of drug-likeness (QED) is 0.318. The van der Waals surface area contributed by atoms with E-state index in [9.17, 15) is 32.3 Å². The highest BCUT2D eigenvalue weighted by molar-refractivity contribution is 6.31. The Morgan fingerprint density at radius 3 is 2.39 bits per heavy atom. The molecule has 0 saturated carbocycles. The van der Waals surface area contributed by atoms with Gasteiger partial charge in [-0.3, -0.25) is 4.79 Å². The summed E-state index contributed by atoms with van der Waals surface area (Å²) in [6.07, 6.45) is -5.17. The SMILES string of the molecule is COC(=O)c1ccc(-c2ccc([C@@H](C)[C@@](O)(c3cccc4c3OCC(=O)N4C)C(F)(F)F)c(Cl)c2)cc1F. The van der Waals surface area contributed by atoms with E-state index in [0.717, 1.165) is 24.1 Å². The van der Waals surface area contributed by atoms with Crippen molar-refractivity contribution in [3.63, 3.8) is 0 Å². The molecule has 0 saturated heterocycles. The van der Waals surface area contributed by atoms with Crippen LogP contribution in [0.1, 0.15) is 34.3 Å². The van der Waals surface area contributed by atoms with Gasteiger partial charge in [-0.15, -0.1) is 0 Å². The molecule has 3 aromatic carbocycles. The number of likely N-dealkylation sites (N-methyl/N-ethyl adjacent to an activating group) is 1. The van der Waals surface area contributed by atoms with Gasteiger partial charge in [0.25, 0.3) is 5.91 Å². The monoisotopic (exact) mass is 551 g/mol. The molecule has 1 aliphatic heterocycles. The summed E-state index contributed by atoms with van der Waals surface area (Å²) in [5, 5.41) is 11.2. The van der Waals surface area contributed by atoms with Crippen molar-refractivity contribution in [3.8, 4) is 16.9 Å². The average Bonchev–Trinajstić information content (AvgIpc) is 2.88. The maximum atomic E-state index is 14.6. The number of anilines is 1. The standard InChI is InChI=1S/C27H22ClF4NO5/c1-14(17-9-7-15(11-20(17)28)16-8-10-18(21(29)12-16)25(35)37-3)26(36,27(30,31)32)19-5-4-6-22-24(19)38-13-23(34)33(22)2/h4-12,14,36H,13H2,1-3H3/t14-,26-/m1/s1. The Morgan fingerprint density at radius 1 is 1.13 bits per heavy atom. The molecule has 1 amide bonds. The molecule has 0 spiro atoms. The van der Waals surface area contributed by atoms with Gasteiger partial charge < -0.3 is 19.5 Å². The number of amides is 1. The number of para-hydroxylation sites is 1. The average molecular weight is 552 g/mol. The third-order valence-corrected chi connectivity index (χ3v) is 7.04. The molecule has 2 atom stereocenters. The number of hydrogen-bond donors (Lipinski definition) is 1.